The van der Waals surface area contributed by atoms with Gasteiger partial charge >= 0.3 is 0 Å². The molecule has 0 bridgehead atoms. The van der Waals surface area contributed by atoms with Crippen LogP contribution >= 0.6 is 0 Å². The van der Waals surface area contributed by atoms with Crippen molar-refractivity contribution in [1.29, 1.82) is 0 Å². The van der Waals surface area contributed by atoms with Crippen LogP contribution in [0.5, 0.6) is 0 Å². The normalized spacial score (nSPS) is 27.6. The summed E-state index contributed by atoms with van der Waals surface area (Å²) in [5.41, 5.74) is -0.145. The number of furan rings is 1. The Hall–Kier alpha value is -1.92. The highest BCUT2D eigenvalue weighted by Gasteiger charge is 2.43. The van der Waals surface area contributed by atoms with E-state index in [1.54, 1.807) is 18.5 Å². The van der Waals surface area contributed by atoms with Crippen LogP contribution in [-0.2, 0) is 11.3 Å². The van der Waals surface area contributed by atoms with Gasteiger partial charge in [-0.05, 0) is 43.7 Å². The summed E-state index contributed by atoms with van der Waals surface area (Å²) in [6.45, 7) is 3.34. The van der Waals surface area contributed by atoms with Crippen molar-refractivity contribution in [2.45, 2.75) is 37.5 Å². The Morgan fingerprint density at radius 2 is 2.33 bits per heavy atom. The molecule has 4 rings (SSSR count). The number of piperidine rings is 1. The van der Waals surface area contributed by atoms with Crippen LogP contribution in [0.3, 0.4) is 0 Å². The van der Waals surface area contributed by atoms with Crippen molar-refractivity contribution < 1.29 is 13.5 Å². The molecule has 128 valence electrons. The molecule has 2 fully saturated rings. The first-order valence-electron chi connectivity index (χ1n) is 8.48. The molecule has 2 aliphatic heterocycles. The molecule has 1 N–H and O–H groups in total. The second kappa shape index (κ2) is 6.53. The van der Waals surface area contributed by atoms with Crippen LogP contribution in [0, 0.1) is 5.82 Å². The minimum Gasteiger partial charge on any atom is -0.468 e. The molecule has 1 spiro atoms. The number of likely N-dealkylation sites (tertiary alicyclic amines) is 1. The Bertz CT molecular complexity index is 679. The average Bonchev–Trinajstić information content (AvgIpc) is 3.21. The summed E-state index contributed by atoms with van der Waals surface area (Å²) in [6, 6.07) is 7.04. The molecule has 0 aromatic carbocycles. The summed E-state index contributed by atoms with van der Waals surface area (Å²) < 4.78 is 25.4. The number of nitrogens with zero attached hydrogens (tertiary/aromatic N) is 2. The smallest absolute Gasteiger partial charge is 0.165 e. The zero-order valence-corrected chi connectivity index (χ0v) is 13.6. The fourth-order valence-corrected chi connectivity index (χ4v) is 3.85. The molecule has 0 unspecified atom stereocenters. The third kappa shape index (κ3) is 3.30. The second-order valence-electron chi connectivity index (χ2n) is 6.77. The Morgan fingerprint density at radius 1 is 1.38 bits per heavy atom. The minimum atomic E-state index is -0.318. The maximum atomic E-state index is 13.8. The van der Waals surface area contributed by atoms with Gasteiger partial charge in [-0.1, -0.05) is 0 Å². The molecule has 4 heterocycles. The van der Waals surface area contributed by atoms with Gasteiger partial charge < -0.3 is 14.5 Å². The van der Waals surface area contributed by atoms with E-state index in [1.165, 1.54) is 6.07 Å². The Kier molecular flexibility index (Phi) is 4.24. The number of anilines is 1. The van der Waals surface area contributed by atoms with E-state index in [-0.39, 0.29) is 17.5 Å². The van der Waals surface area contributed by atoms with Crippen molar-refractivity contribution >= 4 is 5.82 Å². The summed E-state index contributed by atoms with van der Waals surface area (Å²) in [5.74, 6) is 0.975. The molecule has 2 aromatic rings. The van der Waals surface area contributed by atoms with Gasteiger partial charge in [0, 0.05) is 19.2 Å². The molecule has 2 saturated heterocycles. The number of ether oxygens (including phenoxy) is 1. The molecule has 0 radical (unpaired) electrons. The van der Waals surface area contributed by atoms with E-state index in [0.29, 0.717) is 12.4 Å². The van der Waals surface area contributed by atoms with E-state index in [0.717, 1.165) is 44.7 Å². The van der Waals surface area contributed by atoms with Crippen LogP contribution in [0.25, 0.3) is 0 Å². The number of nitrogens with one attached hydrogen (secondary N) is 1. The van der Waals surface area contributed by atoms with Crippen molar-refractivity contribution in [1.82, 2.24) is 9.88 Å². The number of hydrogen-bond acceptors (Lipinski definition) is 5. The van der Waals surface area contributed by atoms with Gasteiger partial charge in [0.05, 0.1) is 31.1 Å². The lowest BCUT2D eigenvalue weighted by atomic mass is 9.88. The first-order valence-corrected chi connectivity index (χ1v) is 8.48. The lowest BCUT2D eigenvalue weighted by Gasteiger charge is -2.39. The SMILES string of the molecule is Fc1cccnc1N[C@H]1CO[C@@]2(CCCN(Cc3ccco3)C2)C1. The zero-order chi connectivity index (χ0) is 16.4. The number of hydrogen-bond donors (Lipinski definition) is 1. The molecule has 0 amide bonds. The number of aromatic nitrogens is 1. The first-order chi connectivity index (χ1) is 11.7. The molecule has 2 atom stereocenters. The molecule has 5 nitrogen and oxygen atoms in total. The topological polar surface area (TPSA) is 50.5 Å². The Balaban J connectivity index is 1.38. The Morgan fingerprint density at radius 3 is 3.17 bits per heavy atom. The van der Waals surface area contributed by atoms with E-state index in [4.69, 9.17) is 9.15 Å². The van der Waals surface area contributed by atoms with Gasteiger partial charge in [-0.2, -0.15) is 0 Å². The zero-order valence-electron chi connectivity index (χ0n) is 13.6. The first kappa shape index (κ1) is 15.6. The van der Waals surface area contributed by atoms with E-state index >= 15 is 0 Å². The quantitative estimate of drug-likeness (QED) is 0.933. The highest BCUT2D eigenvalue weighted by molar-refractivity contribution is 5.37. The van der Waals surface area contributed by atoms with Crippen LogP contribution < -0.4 is 5.32 Å². The second-order valence-corrected chi connectivity index (χ2v) is 6.77. The van der Waals surface area contributed by atoms with Gasteiger partial charge in [0.1, 0.15) is 5.76 Å². The van der Waals surface area contributed by atoms with Crippen LogP contribution in [0.4, 0.5) is 10.2 Å². The van der Waals surface area contributed by atoms with Gasteiger partial charge in [0.2, 0.25) is 0 Å². The monoisotopic (exact) mass is 331 g/mol. The number of halogens is 1. The summed E-state index contributed by atoms with van der Waals surface area (Å²) in [7, 11) is 0. The molecular weight excluding hydrogens is 309 g/mol. The summed E-state index contributed by atoms with van der Waals surface area (Å²) in [4.78, 5) is 6.46. The average molecular weight is 331 g/mol. The fraction of sp³-hybridized carbons (Fsp3) is 0.500. The maximum absolute atomic E-state index is 13.8. The molecule has 24 heavy (non-hydrogen) atoms. The third-order valence-electron chi connectivity index (χ3n) is 4.89. The van der Waals surface area contributed by atoms with E-state index in [9.17, 15) is 4.39 Å². The predicted octanol–water partition coefficient (Wildman–Crippen LogP) is 3.05. The summed E-state index contributed by atoms with van der Waals surface area (Å²) in [6.07, 6.45) is 6.33. The van der Waals surface area contributed by atoms with Crippen LogP contribution in [0.2, 0.25) is 0 Å². The van der Waals surface area contributed by atoms with Crippen LogP contribution in [-0.4, -0.2) is 41.2 Å². The van der Waals surface area contributed by atoms with Gasteiger partial charge in [-0.3, -0.25) is 4.90 Å². The lowest BCUT2D eigenvalue weighted by Crippen LogP contribution is -2.47. The molecular formula is C18H22FN3O2. The highest BCUT2D eigenvalue weighted by Crippen LogP contribution is 2.36. The summed E-state index contributed by atoms with van der Waals surface area (Å²) >= 11 is 0. The minimum absolute atomic E-state index is 0.0953. The van der Waals surface area contributed by atoms with Gasteiger partial charge in [0.25, 0.3) is 0 Å². The van der Waals surface area contributed by atoms with Gasteiger partial charge in [0.15, 0.2) is 11.6 Å². The van der Waals surface area contributed by atoms with E-state index in [2.05, 4.69) is 15.2 Å². The predicted molar refractivity (Wildman–Crippen MR) is 88.1 cm³/mol. The highest BCUT2D eigenvalue weighted by atomic mass is 19.1. The van der Waals surface area contributed by atoms with E-state index < -0.39 is 0 Å². The van der Waals surface area contributed by atoms with Crippen molar-refractivity contribution in [3.05, 3.63) is 48.3 Å². The number of pyridine rings is 1. The van der Waals surface area contributed by atoms with Crippen molar-refractivity contribution in [2.24, 2.45) is 0 Å². The molecule has 0 saturated carbocycles. The molecule has 2 aromatic heterocycles. The largest absolute Gasteiger partial charge is 0.468 e. The van der Waals surface area contributed by atoms with Crippen molar-refractivity contribution in [3.63, 3.8) is 0 Å². The van der Waals surface area contributed by atoms with Crippen molar-refractivity contribution in [2.75, 3.05) is 25.0 Å². The van der Waals surface area contributed by atoms with Crippen LogP contribution in [0.15, 0.2) is 41.1 Å². The van der Waals surface area contributed by atoms with E-state index in [1.807, 2.05) is 12.1 Å². The number of rotatable bonds is 4. The third-order valence-corrected chi connectivity index (χ3v) is 4.89. The molecule has 0 aliphatic carbocycles. The lowest BCUT2D eigenvalue weighted by molar-refractivity contribution is -0.0544. The summed E-state index contributed by atoms with van der Waals surface area (Å²) in [5, 5.41) is 3.19. The van der Waals surface area contributed by atoms with Gasteiger partial charge in [-0.25, -0.2) is 9.37 Å². The molecule has 2 aliphatic rings. The maximum Gasteiger partial charge on any atom is 0.165 e. The fourth-order valence-electron chi connectivity index (χ4n) is 3.85. The van der Waals surface area contributed by atoms with Crippen LogP contribution in [0.1, 0.15) is 25.0 Å². The van der Waals surface area contributed by atoms with Gasteiger partial charge in [-0.15, -0.1) is 0 Å². The standard InChI is InChI=1S/C18H22FN3O2/c19-16-5-1-7-20-17(16)21-14-10-18(24-12-14)6-3-8-22(13-18)11-15-4-2-9-23-15/h1-2,4-5,7,9,14H,3,6,8,10-13H2,(H,20,21)/t14-,18+/m1/s1. The molecule has 6 heteroatoms. The Labute approximate surface area is 140 Å². The van der Waals surface area contributed by atoms with Crippen molar-refractivity contribution in [3.8, 4) is 0 Å².